The third kappa shape index (κ3) is 8.70. The summed E-state index contributed by atoms with van der Waals surface area (Å²) in [4.78, 5) is 67.9. The molecule has 1 unspecified atom stereocenters. The van der Waals surface area contributed by atoms with Crippen LogP contribution in [0.5, 0.6) is 11.6 Å². The molecule has 3 N–H and O–H groups in total. The lowest BCUT2D eigenvalue weighted by Gasteiger charge is -2.30. The van der Waals surface area contributed by atoms with Crippen LogP contribution in [0, 0.1) is 11.8 Å². The number of amides is 4. The van der Waals surface area contributed by atoms with E-state index in [2.05, 4.69) is 15.4 Å². The molecule has 3 aliphatic carbocycles. The SMILES string of the molecule is COc1ccc2nc3c(nc2c1)O[C@@H]1C[C@H]2C(=O)NC4(C(=O)NS(=O)(=O)C5CC5)C[C@@H]4C/C=C/CCCC[C@H](NC(=O)O[C@@H]4CCC[C@H]4CCCCC3)C(=O)N2C1. The van der Waals surface area contributed by atoms with Gasteiger partial charge in [-0.1, -0.05) is 31.4 Å². The molecule has 4 heterocycles. The van der Waals surface area contributed by atoms with E-state index in [1.165, 1.54) is 4.90 Å². The predicted molar refractivity (Wildman–Crippen MR) is 209 cm³/mol. The van der Waals surface area contributed by atoms with E-state index in [9.17, 15) is 27.6 Å². The Morgan fingerprint density at radius 3 is 2.60 bits per heavy atom. The summed E-state index contributed by atoms with van der Waals surface area (Å²) < 4.78 is 46.2. The normalized spacial score (nSPS) is 32.0. The maximum atomic E-state index is 14.7. The van der Waals surface area contributed by atoms with Crippen molar-refractivity contribution in [2.24, 2.45) is 11.8 Å². The quantitative estimate of drug-likeness (QED) is 0.372. The summed E-state index contributed by atoms with van der Waals surface area (Å²) in [5, 5.41) is 5.20. The number of sulfonamides is 1. The average Bonchev–Trinajstić information content (AvgIpc) is 4.08. The van der Waals surface area contributed by atoms with Crippen LogP contribution in [0.25, 0.3) is 11.0 Å². The van der Waals surface area contributed by atoms with Crippen molar-refractivity contribution in [1.82, 2.24) is 30.2 Å². The Morgan fingerprint density at radius 2 is 1.77 bits per heavy atom. The van der Waals surface area contributed by atoms with Crippen molar-refractivity contribution in [3.63, 3.8) is 0 Å². The first-order valence-electron chi connectivity index (χ1n) is 20.8. The van der Waals surface area contributed by atoms with Crippen LogP contribution in [0.3, 0.4) is 0 Å². The van der Waals surface area contributed by atoms with Crippen LogP contribution >= 0.6 is 0 Å². The van der Waals surface area contributed by atoms with Crippen molar-refractivity contribution in [2.75, 3.05) is 13.7 Å². The van der Waals surface area contributed by atoms with Gasteiger partial charge in [-0.2, -0.15) is 0 Å². The Hall–Kier alpha value is -4.47. The summed E-state index contributed by atoms with van der Waals surface area (Å²) in [6.45, 7) is 0.00630. The molecule has 3 saturated carbocycles. The van der Waals surface area contributed by atoms with Crippen LogP contribution in [0.15, 0.2) is 30.4 Å². The van der Waals surface area contributed by atoms with Gasteiger partial charge in [0.05, 0.1) is 29.9 Å². The zero-order valence-corrected chi connectivity index (χ0v) is 33.4. The molecule has 8 rings (SSSR count). The first-order chi connectivity index (χ1) is 27.5. The van der Waals surface area contributed by atoms with E-state index >= 15 is 0 Å². The Bertz CT molecular complexity index is 2020. The summed E-state index contributed by atoms with van der Waals surface area (Å²) in [7, 11) is -2.30. The molecule has 2 aromatic rings. The van der Waals surface area contributed by atoms with Gasteiger partial charge in [-0.25, -0.2) is 23.2 Å². The summed E-state index contributed by atoms with van der Waals surface area (Å²) >= 11 is 0. The minimum Gasteiger partial charge on any atom is -0.497 e. The van der Waals surface area contributed by atoms with Crippen LogP contribution in [-0.4, -0.2) is 95.8 Å². The average molecular weight is 807 g/mol. The highest BCUT2D eigenvalue weighted by Crippen LogP contribution is 2.47. The zero-order chi connectivity index (χ0) is 39.7. The molecule has 0 radical (unpaired) electrons. The molecule has 3 bridgehead atoms. The number of rotatable bonds is 4. The van der Waals surface area contributed by atoms with Crippen LogP contribution in [0.1, 0.15) is 108 Å². The first-order valence-corrected chi connectivity index (χ1v) is 22.4. The lowest BCUT2D eigenvalue weighted by Crippen LogP contribution is -2.58. The molecule has 7 atom stereocenters. The number of carbonyl (C=O) groups is 4. The summed E-state index contributed by atoms with van der Waals surface area (Å²) in [6, 6.07) is 3.42. The van der Waals surface area contributed by atoms with Crippen LogP contribution < -0.4 is 24.8 Å². The number of benzene rings is 1. The fourth-order valence-corrected chi connectivity index (χ4v) is 10.5. The van der Waals surface area contributed by atoms with Gasteiger partial charge in [0.1, 0.15) is 41.3 Å². The van der Waals surface area contributed by atoms with Crippen molar-refractivity contribution < 1.29 is 41.8 Å². The molecule has 1 saturated heterocycles. The molecule has 16 heteroatoms. The molecule has 4 fully saturated rings. The number of carbonyl (C=O) groups excluding carboxylic acids is 4. The van der Waals surface area contributed by atoms with Crippen molar-refractivity contribution in [2.45, 2.75) is 144 Å². The molecular formula is C41H54N6O9S. The van der Waals surface area contributed by atoms with Crippen molar-refractivity contribution in [1.29, 1.82) is 0 Å². The summed E-state index contributed by atoms with van der Waals surface area (Å²) in [5.74, 6) is -0.956. The Balaban J connectivity index is 1.14. The maximum Gasteiger partial charge on any atom is 0.408 e. The maximum absolute atomic E-state index is 14.7. The number of aromatic nitrogens is 2. The molecule has 1 aromatic carbocycles. The Kier molecular flexibility index (Phi) is 11.3. The number of allylic oxidation sites excluding steroid dienone is 2. The second-order valence-electron chi connectivity index (χ2n) is 16.8. The highest BCUT2D eigenvalue weighted by molar-refractivity contribution is 7.91. The highest BCUT2D eigenvalue weighted by Gasteiger charge is 2.62. The van der Waals surface area contributed by atoms with E-state index in [4.69, 9.17) is 24.2 Å². The lowest BCUT2D eigenvalue weighted by molar-refractivity contribution is -0.141. The second kappa shape index (κ2) is 16.4. The molecule has 3 aliphatic heterocycles. The molecule has 15 nitrogen and oxygen atoms in total. The standard InChI is InChI=1S/C41H54N6O9S/c1-54-27-17-20-30-33(21-27)43-37-31(42-30)14-9-5-6-11-25-12-10-16-35(25)56-40(51)44-32-15-8-4-2-3-7-13-26-23-41(26,39(50)46-57(52,53)29-18-19-29)45-36(48)34-22-28(55-37)24-47(34)38(32)49/h3,7,17,20-21,25-26,28-29,32,34-35H,2,4-6,8-16,18-19,22-24H2,1H3,(H,44,51)(H,45,48)(H,46,50)/b7-3+/t25-,26+,28-,32+,34+,35-,41?/m1/s1. The van der Waals surface area contributed by atoms with E-state index in [1.807, 2.05) is 24.3 Å². The number of alkyl carbamates (subject to hydrolysis) is 1. The predicted octanol–water partition coefficient (Wildman–Crippen LogP) is 4.37. The topological polar surface area (TPSA) is 195 Å². The summed E-state index contributed by atoms with van der Waals surface area (Å²) in [5.41, 5.74) is 0.496. The van der Waals surface area contributed by atoms with Crippen molar-refractivity contribution in [3.05, 3.63) is 36.0 Å². The first kappa shape index (κ1) is 39.4. The van der Waals surface area contributed by atoms with Crippen LogP contribution in [-0.2, 0) is 35.6 Å². The monoisotopic (exact) mass is 806 g/mol. The number of hydrogen-bond donors (Lipinski definition) is 3. The third-order valence-corrected chi connectivity index (χ3v) is 14.5. The molecule has 6 aliphatic rings. The lowest BCUT2D eigenvalue weighted by atomic mass is 9.97. The number of nitrogens with one attached hydrogen (secondary N) is 3. The minimum atomic E-state index is -3.88. The number of aryl methyl sites for hydroxylation is 1. The summed E-state index contributed by atoms with van der Waals surface area (Å²) in [6.07, 6.45) is 13.6. The van der Waals surface area contributed by atoms with Crippen molar-refractivity contribution >= 4 is 44.9 Å². The molecule has 0 spiro atoms. The Labute approximate surface area is 333 Å². The smallest absolute Gasteiger partial charge is 0.408 e. The van der Waals surface area contributed by atoms with E-state index in [0.29, 0.717) is 73.3 Å². The number of nitrogens with zero attached hydrogens (tertiary/aromatic N) is 3. The van der Waals surface area contributed by atoms with Gasteiger partial charge in [0.2, 0.25) is 27.7 Å². The molecule has 57 heavy (non-hydrogen) atoms. The number of methoxy groups -OCH3 is 1. The van der Waals surface area contributed by atoms with E-state index in [0.717, 1.165) is 51.4 Å². The fourth-order valence-electron chi connectivity index (χ4n) is 9.18. The van der Waals surface area contributed by atoms with Gasteiger partial charge in [0.25, 0.3) is 5.91 Å². The number of fused-ring (bicyclic) bond motifs is 6. The zero-order valence-electron chi connectivity index (χ0n) is 32.6. The van der Waals surface area contributed by atoms with Crippen LogP contribution in [0.2, 0.25) is 0 Å². The van der Waals surface area contributed by atoms with Gasteiger partial charge in [0.15, 0.2) is 0 Å². The second-order valence-corrected chi connectivity index (χ2v) is 18.7. The number of hydrogen-bond acceptors (Lipinski definition) is 11. The number of ether oxygens (including phenoxy) is 3. The molecule has 1 aromatic heterocycles. The third-order valence-electron chi connectivity index (χ3n) is 12.7. The molecular weight excluding hydrogens is 753 g/mol. The van der Waals surface area contributed by atoms with E-state index in [1.54, 1.807) is 13.2 Å². The molecule has 308 valence electrons. The highest BCUT2D eigenvalue weighted by atomic mass is 32.2. The van der Waals surface area contributed by atoms with Gasteiger partial charge in [-0.05, 0) is 107 Å². The van der Waals surface area contributed by atoms with E-state index in [-0.39, 0.29) is 37.3 Å². The van der Waals surface area contributed by atoms with Crippen molar-refractivity contribution in [3.8, 4) is 11.6 Å². The Morgan fingerprint density at radius 1 is 0.947 bits per heavy atom. The fraction of sp³-hybridized carbons (Fsp3) is 0.659. The largest absolute Gasteiger partial charge is 0.497 e. The van der Waals surface area contributed by atoms with Crippen LogP contribution in [0.4, 0.5) is 4.79 Å². The van der Waals surface area contributed by atoms with Gasteiger partial charge in [-0.15, -0.1) is 0 Å². The van der Waals surface area contributed by atoms with Gasteiger partial charge in [0, 0.05) is 12.5 Å². The van der Waals surface area contributed by atoms with E-state index < -0.39 is 62.8 Å². The van der Waals surface area contributed by atoms with Gasteiger partial charge >= 0.3 is 6.09 Å². The minimum absolute atomic E-state index is 0.00630. The van der Waals surface area contributed by atoms with Gasteiger partial charge < -0.3 is 29.7 Å². The molecule has 4 amide bonds. The van der Waals surface area contributed by atoms with Gasteiger partial charge in [-0.3, -0.25) is 19.1 Å².